The molecule has 0 unspecified atom stereocenters. The third-order valence-corrected chi connectivity index (χ3v) is 5.38. The first kappa shape index (κ1) is 17.7. The lowest BCUT2D eigenvalue weighted by atomic mass is 9.83. The Morgan fingerprint density at radius 2 is 1.78 bits per heavy atom. The molecular weight excluding hydrogens is 352 g/mol. The van der Waals surface area contributed by atoms with Gasteiger partial charge < -0.3 is 22.3 Å². The monoisotopic (exact) mass is 372 g/mol. The third-order valence-electron chi connectivity index (χ3n) is 5.38. The quantitative estimate of drug-likeness (QED) is 0.700. The van der Waals surface area contributed by atoms with Gasteiger partial charge >= 0.3 is 6.97 Å². The smallest absolute Gasteiger partial charge is 0.497 e. The molecule has 0 bridgehead atoms. The summed E-state index contributed by atoms with van der Waals surface area (Å²) in [6.07, 6.45) is 1.72. The molecule has 3 nitrogen and oxygen atoms in total. The van der Waals surface area contributed by atoms with Gasteiger partial charge in [-0.3, -0.25) is 0 Å². The van der Waals surface area contributed by atoms with Crippen LogP contribution < -0.4 is 4.74 Å². The molecule has 0 spiro atoms. The molecule has 1 aromatic heterocycles. The largest absolute Gasteiger partial charge is 0.737 e. The van der Waals surface area contributed by atoms with Gasteiger partial charge in [0.05, 0.1) is 12.7 Å². The molecule has 1 aromatic carbocycles. The average Bonchev–Trinajstić information content (AvgIpc) is 3.06. The normalized spacial score (nSPS) is 17.9. The van der Waals surface area contributed by atoms with Crippen molar-refractivity contribution in [3.05, 3.63) is 69.9 Å². The van der Waals surface area contributed by atoms with Gasteiger partial charge in [0.15, 0.2) is 5.70 Å². The van der Waals surface area contributed by atoms with Crippen LogP contribution in [0, 0.1) is 19.7 Å². The predicted octanol–water partition coefficient (Wildman–Crippen LogP) is 4.68. The number of allylic oxidation sites excluding steroid dienone is 2. The first-order chi connectivity index (χ1) is 12.7. The molecule has 0 aliphatic carbocycles. The number of hydrogen-bond acceptors (Lipinski definition) is 1. The van der Waals surface area contributed by atoms with Gasteiger partial charge in [-0.15, -0.1) is 0 Å². The fourth-order valence-electron chi connectivity index (χ4n) is 4.38. The summed E-state index contributed by atoms with van der Waals surface area (Å²) in [6, 6.07) is 6.12. The highest BCUT2D eigenvalue weighted by atomic mass is 19.2. The van der Waals surface area contributed by atoms with Crippen molar-refractivity contribution >= 4 is 18.3 Å². The summed E-state index contributed by atoms with van der Waals surface area (Å²) >= 11 is 0. The summed E-state index contributed by atoms with van der Waals surface area (Å²) < 4.78 is 53.3. The van der Waals surface area contributed by atoms with E-state index in [2.05, 4.69) is 0 Å². The van der Waals surface area contributed by atoms with E-state index in [-0.39, 0.29) is 5.56 Å². The molecule has 2 aliphatic rings. The number of rotatable bonds is 2. The maximum Gasteiger partial charge on any atom is 0.737 e. The molecule has 0 atom stereocenters. The second-order valence-electron chi connectivity index (χ2n) is 7.18. The van der Waals surface area contributed by atoms with Gasteiger partial charge in [0.1, 0.15) is 17.3 Å². The number of halogens is 3. The SMILES string of the molecule is COc1ccc(F)c(C2=C3C(C)=CC(C)=[N+]3[B-](F)(F)n3c(C)cc(C)c32)c1. The van der Waals surface area contributed by atoms with Crippen molar-refractivity contribution in [1.82, 2.24) is 4.48 Å². The fraction of sp³-hybridized carbons (Fsp3) is 0.250. The Kier molecular flexibility index (Phi) is 3.70. The van der Waals surface area contributed by atoms with Crippen molar-refractivity contribution in [3.63, 3.8) is 0 Å². The van der Waals surface area contributed by atoms with Crippen LogP contribution in [0.1, 0.15) is 36.4 Å². The standard InChI is InChI=1S/C20H20BF3N2O/c1-11-8-13(3)25-19(11)18(16-10-15(27-5)6-7-17(16)22)20-12(2)9-14(4)26(20)21(25,23)24/h6-10H,1-5H3. The Balaban J connectivity index is 2.19. The predicted molar refractivity (Wildman–Crippen MR) is 101 cm³/mol. The van der Waals surface area contributed by atoms with E-state index in [0.29, 0.717) is 45.3 Å². The maximum atomic E-state index is 15.5. The van der Waals surface area contributed by atoms with Crippen molar-refractivity contribution in [3.8, 4) is 5.75 Å². The number of methoxy groups -OCH3 is 1. The van der Waals surface area contributed by atoms with Gasteiger partial charge in [0, 0.05) is 29.8 Å². The molecule has 0 amide bonds. The van der Waals surface area contributed by atoms with Crippen molar-refractivity contribution in [1.29, 1.82) is 0 Å². The molecule has 0 saturated heterocycles. The molecule has 3 heterocycles. The number of hydrogen-bond donors (Lipinski definition) is 0. The van der Waals surface area contributed by atoms with Crippen molar-refractivity contribution in [2.75, 3.05) is 7.11 Å². The topological polar surface area (TPSA) is 17.2 Å². The van der Waals surface area contributed by atoms with Crippen LogP contribution in [0.3, 0.4) is 0 Å². The number of benzene rings is 1. The Labute approximate surface area is 156 Å². The highest BCUT2D eigenvalue weighted by Gasteiger charge is 2.55. The Morgan fingerprint density at radius 3 is 2.44 bits per heavy atom. The Morgan fingerprint density at radius 1 is 1.07 bits per heavy atom. The number of ether oxygens (including phenoxy) is 1. The van der Waals surface area contributed by atoms with Gasteiger partial charge in [-0.25, -0.2) is 4.39 Å². The van der Waals surface area contributed by atoms with E-state index in [1.165, 1.54) is 19.2 Å². The maximum absolute atomic E-state index is 15.5. The zero-order valence-corrected chi connectivity index (χ0v) is 15.9. The van der Waals surface area contributed by atoms with E-state index in [1.807, 2.05) is 0 Å². The summed E-state index contributed by atoms with van der Waals surface area (Å²) in [5.74, 6) is -0.000159. The van der Waals surface area contributed by atoms with Crippen molar-refractivity contribution in [2.45, 2.75) is 27.7 Å². The first-order valence-corrected chi connectivity index (χ1v) is 8.79. The van der Waals surface area contributed by atoms with E-state index in [0.717, 1.165) is 8.96 Å². The third kappa shape index (κ3) is 2.27. The van der Waals surface area contributed by atoms with Crippen LogP contribution in [0.5, 0.6) is 5.75 Å². The Hall–Kier alpha value is -2.70. The van der Waals surface area contributed by atoms with Crippen molar-refractivity contribution < 1.29 is 22.2 Å². The summed E-state index contributed by atoms with van der Waals surface area (Å²) in [6.45, 7) is 2.81. The zero-order valence-electron chi connectivity index (χ0n) is 15.9. The first-order valence-electron chi connectivity index (χ1n) is 8.79. The van der Waals surface area contributed by atoms with E-state index < -0.39 is 12.8 Å². The molecule has 7 heteroatoms. The number of aryl methyl sites for hydroxylation is 2. The highest BCUT2D eigenvalue weighted by Crippen LogP contribution is 2.45. The minimum atomic E-state index is -4.07. The average molecular weight is 372 g/mol. The van der Waals surface area contributed by atoms with E-state index in [4.69, 9.17) is 4.74 Å². The van der Waals surface area contributed by atoms with Crippen LogP contribution in [-0.4, -0.2) is 28.8 Å². The van der Waals surface area contributed by atoms with Crippen LogP contribution in [-0.2, 0) is 0 Å². The van der Waals surface area contributed by atoms with E-state index >= 15 is 8.63 Å². The number of aromatic nitrogens is 1. The highest BCUT2D eigenvalue weighted by molar-refractivity contribution is 6.58. The van der Waals surface area contributed by atoms with Gasteiger partial charge in [-0.05, 0) is 56.3 Å². The fourth-order valence-corrected chi connectivity index (χ4v) is 4.38. The van der Waals surface area contributed by atoms with Crippen molar-refractivity contribution in [2.24, 2.45) is 0 Å². The molecule has 2 aliphatic heterocycles. The van der Waals surface area contributed by atoms with E-state index in [9.17, 15) is 4.39 Å². The lowest BCUT2D eigenvalue weighted by Crippen LogP contribution is -2.51. The van der Waals surface area contributed by atoms with Gasteiger partial charge in [0.25, 0.3) is 0 Å². The summed E-state index contributed by atoms with van der Waals surface area (Å²) in [5, 5.41) is 0. The van der Waals surface area contributed by atoms with E-state index in [1.54, 1.807) is 45.9 Å². The lowest BCUT2D eigenvalue weighted by molar-refractivity contribution is -0.363. The zero-order chi connectivity index (χ0) is 19.7. The molecule has 140 valence electrons. The molecule has 0 radical (unpaired) electrons. The van der Waals surface area contributed by atoms with Crippen LogP contribution in [0.4, 0.5) is 13.0 Å². The molecule has 27 heavy (non-hydrogen) atoms. The van der Waals surface area contributed by atoms with Crippen LogP contribution in [0.2, 0.25) is 0 Å². The van der Waals surface area contributed by atoms with Gasteiger partial charge in [-0.2, -0.15) is 0 Å². The summed E-state index contributed by atoms with van der Waals surface area (Å²) in [4.78, 5) is 0. The summed E-state index contributed by atoms with van der Waals surface area (Å²) in [7, 11) is 1.50. The molecule has 2 aromatic rings. The molecule has 0 fully saturated rings. The minimum absolute atomic E-state index is 0.255. The van der Waals surface area contributed by atoms with Gasteiger partial charge in [-0.1, -0.05) is 0 Å². The molecule has 0 saturated carbocycles. The lowest BCUT2D eigenvalue weighted by Gasteiger charge is -2.34. The number of nitrogens with zero attached hydrogens (tertiary/aromatic N) is 2. The van der Waals surface area contributed by atoms with Crippen LogP contribution >= 0.6 is 0 Å². The van der Waals surface area contributed by atoms with Crippen LogP contribution in [0.25, 0.3) is 5.57 Å². The second-order valence-corrected chi connectivity index (χ2v) is 7.18. The Bertz CT molecular complexity index is 1090. The summed E-state index contributed by atoms with van der Waals surface area (Å²) in [5.41, 5.74) is 3.72. The second kappa shape index (κ2) is 5.65. The molecule has 4 rings (SSSR count). The minimum Gasteiger partial charge on any atom is -0.497 e. The van der Waals surface area contributed by atoms with Crippen LogP contribution in [0.15, 0.2) is 41.6 Å². The van der Waals surface area contributed by atoms with Gasteiger partial charge in [0.2, 0.25) is 0 Å². The molecule has 0 N–H and O–H groups in total. The number of fused-ring (bicyclic) bond motifs is 2. The molecular formula is C20H20BF3N2O.